The lowest BCUT2D eigenvalue weighted by Crippen LogP contribution is -2.60. The zero-order chi connectivity index (χ0) is 47.3. The Labute approximate surface area is 355 Å². The van der Waals surface area contributed by atoms with Crippen LogP contribution < -0.4 is 49.1 Å². The summed E-state index contributed by atoms with van der Waals surface area (Å²) in [6.45, 7) is 4.73. The van der Waals surface area contributed by atoms with Gasteiger partial charge in [-0.25, -0.2) is 4.79 Å². The summed E-state index contributed by atoms with van der Waals surface area (Å²) in [6.07, 6.45) is -4.70. The van der Waals surface area contributed by atoms with Crippen LogP contribution in [-0.2, 0) is 59.2 Å². The summed E-state index contributed by atoms with van der Waals surface area (Å²) in [5.74, 6) is -12.6. The second-order valence-corrected chi connectivity index (χ2v) is 14.9. The highest BCUT2D eigenvalue weighted by molar-refractivity contribution is 5.97. The van der Waals surface area contributed by atoms with Gasteiger partial charge in [0.2, 0.25) is 47.3 Å². The molecule has 0 heterocycles. The fraction of sp³-hybridized carbons (Fsp3) is 0.553. The van der Waals surface area contributed by atoms with Crippen molar-refractivity contribution in [2.24, 2.45) is 23.1 Å². The van der Waals surface area contributed by atoms with Gasteiger partial charge < -0.3 is 69.5 Å². The molecule has 0 aromatic heterocycles. The average Bonchev–Trinajstić information content (AvgIpc) is 3.17. The monoisotopic (exact) mass is 879 g/mol. The lowest BCUT2D eigenvalue weighted by atomic mass is 10.0. The summed E-state index contributed by atoms with van der Waals surface area (Å²) >= 11 is 0. The number of phenolic OH excluding ortho intramolecular Hbond substituents is 1. The predicted octanol–water partition coefficient (Wildman–Crippen LogP) is -3.42. The highest BCUT2D eigenvalue weighted by atomic mass is 16.4. The van der Waals surface area contributed by atoms with Crippen molar-refractivity contribution in [3.63, 3.8) is 0 Å². The van der Waals surface area contributed by atoms with Gasteiger partial charge in [-0.15, -0.1) is 0 Å². The van der Waals surface area contributed by atoms with E-state index in [9.17, 15) is 68.1 Å². The van der Waals surface area contributed by atoms with E-state index in [-0.39, 0.29) is 24.5 Å². The first-order valence-corrected chi connectivity index (χ1v) is 19.5. The first kappa shape index (κ1) is 53.2. The van der Waals surface area contributed by atoms with Crippen molar-refractivity contribution >= 4 is 65.2 Å². The Morgan fingerprint density at radius 2 is 0.823 bits per heavy atom. The van der Waals surface area contributed by atoms with E-state index >= 15 is 0 Å². The molecule has 0 saturated heterocycles. The number of phenols is 1. The van der Waals surface area contributed by atoms with Gasteiger partial charge in [0.05, 0.1) is 6.04 Å². The standard InChI is InChI=1S/C38H57N9O15/c1-18(2)16-27(38(61)62)47-37(60)26(17-20-4-6-21(48)7-5-20)46-36(59)23(9-13-29(41)50)44-33(56)22(8-12-28(40)49)43-35(58)25(11-15-31(53)54)45-34(57)24(10-14-30(51)52)42-32(55)19(3)39/h4-7,18-19,22-27,48H,8-17,39H2,1-3H3,(H2,40,49)(H2,41,50)(H,42,55)(H,43,58)(H,44,56)(H,45,57)(H,46,59)(H,47,60)(H,51,52)(H,53,54)(H,61,62)/t19-,22-,23-,24-,25-,26-,27-/m0/s1. The molecule has 0 saturated carbocycles. The van der Waals surface area contributed by atoms with Crippen LogP contribution in [0, 0.1) is 5.92 Å². The summed E-state index contributed by atoms with van der Waals surface area (Å²) in [6, 6.07) is -5.28. The van der Waals surface area contributed by atoms with Gasteiger partial charge in [-0.2, -0.15) is 0 Å². The normalized spacial score (nSPS) is 14.3. The second kappa shape index (κ2) is 26.4. The van der Waals surface area contributed by atoms with E-state index in [2.05, 4.69) is 31.9 Å². The van der Waals surface area contributed by atoms with Crippen LogP contribution in [0.4, 0.5) is 0 Å². The molecule has 0 bridgehead atoms. The highest BCUT2D eigenvalue weighted by Crippen LogP contribution is 2.14. The van der Waals surface area contributed by atoms with E-state index in [4.69, 9.17) is 22.3 Å². The molecule has 0 spiro atoms. The molecule has 0 aliphatic carbocycles. The smallest absolute Gasteiger partial charge is 0.326 e. The molecule has 0 aliphatic rings. The van der Waals surface area contributed by atoms with Gasteiger partial charge in [0.15, 0.2) is 0 Å². The van der Waals surface area contributed by atoms with Crippen LogP contribution in [0.15, 0.2) is 24.3 Å². The van der Waals surface area contributed by atoms with E-state index in [0.29, 0.717) is 5.56 Å². The van der Waals surface area contributed by atoms with Crippen molar-refractivity contribution in [3.05, 3.63) is 29.8 Å². The Balaban J connectivity index is 3.53. The van der Waals surface area contributed by atoms with Crippen molar-refractivity contribution in [2.75, 3.05) is 0 Å². The molecule has 0 unspecified atom stereocenters. The molecule has 1 rings (SSSR count). The number of benzene rings is 1. The number of carboxylic acids is 3. The molecule has 0 radical (unpaired) electrons. The first-order chi connectivity index (χ1) is 28.9. The largest absolute Gasteiger partial charge is 0.508 e. The summed E-state index contributed by atoms with van der Waals surface area (Å²) in [7, 11) is 0. The van der Waals surface area contributed by atoms with Gasteiger partial charge in [0.25, 0.3) is 0 Å². The third kappa shape index (κ3) is 20.9. The number of carbonyl (C=O) groups is 11. The molecule has 1 aromatic carbocycles. The first-order valence-electron chi connectivity index (χ1n) is 19.5. The second-order valence-electron chi connectivity index (χ2n) is 14.9. The van der Waals surface area contributed by atoms with Gasteiger partial charge in [-0.05, 0) is 62.6 Å². The molecular formula is C38H57N9O15. The Kier molecular flexibility index (Phi) is 22.6. The Morgan fingerprint density at radius 1 is 0.500 bits per heavy atom. The van der Waals surface area contributed by atoms with E-state index < -0.39 is 159 Å². The Bertz CT molecular complexity index is 1790. The van der Waals surface area contributed by atoms with Gasteiger partial charge >= 0.3 is 17.9 Å². The molecular weight excluding hydrogens is 822 g/mol. The van der Waals surface area contributed by atoms with Crippen LogP contribution in [0.25, 0.3) is 0 Å². The van der Waals surface area contributed by atoms with Gasteiger partial charge in [0, 0.05) is 32.1 Å². The molecule has 24 nitrogen and oxygen atoms in total. The van der Waals surface area contributed by atoms with Gasteiger partial charge in [0.1, 0.15) is 42.0 Å². The van der Waals surface area contributed by atoms with E-state index in [1.165, 1.54) is 31.2 Å². The number of hydrogen-bond acceptors (Lipinski definition) is 13. The topological polar surface area (TPSA) is 419 Å². The predicted molar refractivity (Wildman–Crippen MR) is 215 cm³/mol. The fourth-order valence-corrected chi connectivity index (χ4v) is 5.62. The van der Waals surface area contributed by atoms with Crippen molar-refractivity contribution in [1.82, 2.24) is 31.9 Å². The SMILES string of the molecule is CC(C)C[C@H](NC(=O)[C@H](Cc1ccc(O)cc1)NC(=O)[C@H](CCC(N)=O)NC(=O)[C@H](CCC(N)=O)NC(=O)[C@H](CCC(=O)O)NC(=O)[C@H](CCC(=O)O)NC(=O)[C@H](C)N)C(=O)O. The van der Waals surface area contributed by atoms with E-state index in [0.717, 1.165) is 0 Å². The summed E-state index contributed by atoms with van der Waals surface area (Å²) < 4.78 is 0. The lowest BCUT2D eigenvalue weighted by molar-refractivity contribution is -0.143. The minimum absolute atomic E-state index is 0.0208. The zero-order valence-corrected chi connectivity index (χ0v) is 34.5. The number of amides is 8. The molecule has 1 aromatic rings. The Morgan fingerprint density at radius 3 is 1.15 bits per heavy atom. The quantitative estimate of drug-likeness (QED) is 0.0373. The van der Waals surface area contributed by atoms with Crippen LogP contribution in [-0.4, -0.2) is 128 Å². The molecule has 24 heteroatoms. The van der Waals surface area contributed by atoms with Crippen LogP contribution in [0.5, 0.6) is 5.75 Å². The summed E-state index contributed by atoms with van der Waals surface area (Å²) in [4.78, 5) is 139. The molecule has 0 aliphatic heterocycles. The van der Waals surface area contributed by atoms with Crippen LogP contribution >= 0.6 is 0 Å². The van der Waals surface area contributed by atoms with Crippen molar-refractivity contribution in [3.8, 4) is 5.75 Å². The van der Waals surface area contributed by atoms with Crippen LogP contribution in [0.3, 0.4) is 0 Å². The minimum Gasteiger partial charge on any atom is -0.508 e. The number of hydrogen-bond donors (Lipinski definition) is 13. The third-order valence-electron chi connectivity index (χ3n) is 8.93. The molecule has 8 amide bonds. The third-order valence-corrected chi connectivity index (χ3v) is 8.93. The number of primary amides is 2. The molecule has 0 fully saturated rings. The van der Waals surface area contributed by atoms with Gasteiger partial charge in [-0.1, -0.05) is 26.0 Å². The van der Waals surface area contributed by atoms with E-state index in [1.807, 2.05) is 0 Å². The molecule has 16 N–H and O–H groups in total. The summed E-state index contributed by atoms with van der Waals surface area (Å²) in [5.41, 5.74) is 16.6. The van der Waals surface area contributed by atoms with Gasteiger partial charge in [-0.3, -0.25) is 47.9 Å². The number of carboxylic acid groups (broad SMARTS) is 3. The molecule has 62 heavy (non-hydrogen) atoms. The number of nitrogens with two attached hydrogens (primary N) is 3. The molecule has 7 atom stereocenters. The van der Waals surface area contributed by atoms with Crippen molar-refractivity contribution in [1.29, 1.82) is 0 Å². The zero-order valence-electron chi connectivity index (χ0n) is 34.5. The summed E-state index contributed by atoms with van der Waals surface area (Å²) in [5, 5.41) is 51.9. The van der Waals surface area contributed by atoms with Crippen molar-refractivity contribution in [2.45, 2.75) is 127 Å². The Hall–Kier alpha value is -6.85. The maximum Gasteiger partial charge on any atom is 0.326 e. The highest BCUT2D eigenvalue weighted by Gasteiger charge is 2.34. The minimum atomic E-state index is -1.75. The maximum atomic E-state index is 13.9. The molecule has 344 valence electrons. The van der Waals surface area contributed by atoms with Crippen molar-refractivity contribution < 1.29 is 73.2 Å². The number of carbonyl (C=O) groups excluding carboxylic acids is 8. The fourth-order valence-electron chi connectivity index (χ4n) is 5.62. The van der Waals surface area contributed by atoms with Crippen LogP contribution in [0.2, 0.25) is 0 Å². The number of aromatic hydroxyl groups is 1. The number of aliphatic carboxylic acids is 3. The lowest BCUT2D eigenvalue weighted by Gasteiger charge is -2.27. The van der Waals surface area contributed by atoms with E-state index in [1.54, 1.807) is 13.8 Å². The average molecular weight is 880 g/mol. The maximum absolute atomic E-state index is 13.9. The van der Waals surface area contributed by atoms with Crippen LogP contribution in [0.1, 0.15) is 84.1 Å². The number of nitrogens with one attached hydrogen (secondary N) is 6. The number of rotatable bonds is 29.